The number of alkyl halides is 3. The van der Waals surface area contributed by atoms with Gasteiger partial charge in [-0.15, -0.1) is 11.6 Å². The van der Waals surface area contributed by atoms with Crippen LogP contribution in [0.3, 0.4) is 0 Å². The summed E-state index contributed by atoms with van der Waals surface area (Å²) >= 11 is 5.42. The Kier molecular flexibility index (Phi) is 3.41. The Morgan fingerprint density at radius 2 is 2.27 bits per heavy atom. The fourth-order valence-corrected chi connectivity index (χ4v) is 1.44. The standard InChI is InChI=1S/C8H7ClF2N2O2/c9-1-3-4(6(10)11)2-13-7(12)5(3)8(14)15/h2,6H,1H2,(H2,12,13)(H,14,15). The Morgan fingerprint density at radius 1 is 1.67 bits per heavy atom. The minimum Gasteiger partial charge on any atom is -0.478 e. The number of carboxylic acids is 1. The highest BCUT2D eigenvalue weighted by atomic mass is 35.5. The van der Waals surface area contributed by atoms with E-state index in [2.05, 4.69) is 4.98 Å². The molecule has 0 aliphatic heterocycles. The topological polar surface area (TPSA) is 76.2 Å². The van der Waals surface area contributed by atoms with E-state index in [0.29, 0.717) is 0 Å². The summed E-state index contributed by atoms with van der Waals surface area (Å²) < 4.78 is 24.9. The van der Waals surface area contributed by atoms with Crippen LogP contribution in [0.15, 0.2) is 6.20 Å². The maximum Gasteiger partial charge on any atom is 0.339 e. The van der Waals surface area contributed by atoms with Crippen LogP contribution in [0.1, 0.15) is 27.9 Å². The Hall–Kier alpha value is -1.43. The molecule has 0 atom stereocenters. The van der Waals surface area contributed by atoms with Gasteiger partial charge in [0, 0.05) is 17.6 Å². The summed E-state index contributed by atoms with van der Waals surface area (Å²) in [5.74, 6) is -2.09. The molecule has 7 heteroatoms. The molecule has 0 aliphatic carbocycles. The van der Waals surface area contributed by atoms with Gasteiger partial charge < -0.3 is 10.8 Å². The van der Waals surface area contributed by atoms with Crippen LogP contribution in [0.25, 0.3) is 0 Å². The zero-order chi connectivity index (χ0) is 11.6. The van der Waals surface area contributed by atoms with Gasteiger partial charge >= 0.3 is 5.97 Å². The lowest BCUT2D eigenvalue weighted by molar-refractivity contribution is 0.0696. The van der Waals surface area contributed by atoms with Gasteiger partial charge in [-0.25, -0.2) is 18.6 Å². The molecule has 0 spiro atoms. The molecule has 0 unspecified atom stereocenters. The molecule has 3 N–H and O–H groups in total. The van der Waals surface area contributed by atoms with Crippen LogP contribution in [-0.4, -0.2) is 16.1 Å². The summed E-state index contributed by atoms with van der Waals surface area (Å²) in [5, 5.41) is 8.76. The third kappa shape index (κ3) is 2.15. The molecule has 1 aromatic heterocycles. The van der Waals surface area contributed by atoms with Gasteiger partial charge in [0.25, 0.3) is 6.43 Å². The summed E-state index contributed by atoms with van der Waals surface area (Å²) in [7, 11) is 0. The number of carboxylic acid groups (broad SMARTS) is 1. The van der Waals surface area contributed by atoms with Gasteiger partial charge in [-0.1, -0.05) is 0 Å². The number of aromatic nitrogens is 1. The van der Waals surface area contributed by atoms with Crippen LogP contribution < -0.4 is 5.73 Å². The molecule has 0 aliphatic rings. The molecule has 0 aromatic carbocycles. The molecular formula is C8H7ClF2N2O2. The summed E-state index contributed by atoms with van der Waals surface area (Å²) in [6.45, 7) is 0. The SMILES string of the molecule is Nc1ncc(C(F)F)c(CCl)c1C(=O)O. The van der Waals surface area contributed by atoms with E-state index in [4.69, 9.17) is 22.4 Å². The van der Waals surface area contributed by atoms with E-state index in [9.17, 15) is 13.6 Å². The second-order valence-electron chi connectivity index (χ2n) is 2.69. The van der Waals surface area contributed by atoms with Crippen LogP contribution in [0.2, 0.25) is 0 Å². The van der Waals surface area contributed by atoms with Crippen LogP contribution >= 0.6 is 11.6 Å². The molecule has 0 radical (unpaired) electrons. The number of nitrogens with two attached hydrogens (primary N) is 1. The monoisotopic (exact) mass is 236 g/mol. The molecule has 0 saturated carbocycles. The Bertz CT molecular complexity index is 398. The highest BCUT2D eigenvalue weighted by Crippen LogP contribution is 2.28. The maximum atomic E-state index is 12.5. The minimum absolute atomic E-state index is 0.188. The second kappa shape index (κ2) is 4.39. The lowest BCUT2D eigenvalue weighted by Gasteiger charge is -2.10. The molecule has 0 saturated heterocycles. The van der Waals surface area contributed by atoms with Crippen molar-refractivity contribution in [3.05, 3.63) is 22.9 Å². The Balaban J connectivity index is 3.47. The second-order valence-corrected chi connectivity index (χ2v) is 2.96. The van der Waals surface area contributed by atoms with E-state index >= 15 is 0 Å². The number of carbonyl (C=O) groups is 1. The molecule has 1 heterocycles. The van der Waals surface area contributed by atoms with Crippen LogP contribution in [0.4, 0.5) is 14.6 Å². The number of nitrogens with zero attached hydrogens (tertiary/aromatic N) is 1. The zero-order valence-corrected chi connectivity index (χ0v) is 8.13. The number of rotatable bonds is 3. The molecule has 0 fully saturated rings. The van der Waals surface area contributed by atoms with Gasteiger partial charge in [0.2, 0.25) is 0 Å². The Morgan fingerprint density at radius 3 is 2.67 bits per heavy atom. The van der Waals surface area contributed by atoms with E-state index in [0.717, 1.165) is 6.20 Å². The van der Waals surface area contributed by atoms with Crippen molar-refractivity contribution >= 4 is 23.4 Å². The number of nitrogen functional groups attached to an aromatic ring is 1. The van der Waals surface area contributed by atoms with Gasteiger partial charge in [-0.05, 0) is 5.56 Å². The fraction of sp³-hybridized carbons (Fsp3) is 0.250. The predicted molar refractivity (Wildman–Crippen MR) is 50.1 cm³/mol. The van der Waals surface area contributed by atoms with Gasteiger partial charge in [0.05, 0.1) is 0 Å². The van der Waals surface area contributed by atoms with Gasteiger partial charge in [0.15, 0.2) is 0 Å². The van der Waals surface area contributed by atoms with Crippen molar-refractivity contribution < 1.29 is 18.7 Å². The molecule has 1 aromatic rings. The zero-order valence-electron chi connectivity index (χ0n) is 7.38. The van der Waals surface area contributed by atoms with Gasteiger partial charge in [-0.3, -0.25) is 0 Å². The largest absolute Gasteiger partial charge is 0.478 e. The smallest absolute Gasteiger partial charge is 0.339 e. The average molecular weight is 237 g/mol. The normalized spacial score (nSPS) is 10.7. The van der Waals surface area contributed by atoms with E-state index in [-0.39, 0.29) is 17.3 Å². The molecule has 0 bridgehead atoms. The average Bonchev–Trinajstić information content (AvgIpc) is 2.15. The van der Waals surface area contributed by atoms with Crippen molar-refractivity contribution in [1.82, 2.24) is 4.98 Å². The van der Waals surface area contributed by atoms with Crippen molar-refractivity contribution in [2.24, 2.45) is 0 Å². The van der Waals surface area contributed by atoms with Crippen molar-refractivity contribution in [1.29, 1.82) is 0 Å². The number of aromatic carboxylic acids is 1. The summed E-state index contributed by atoms with van der Waals surface area (Å²) in [6.07, 6.45) is -1.99. The number of hydrogen-bond donors (Lipinski definition) is 2. The first-order chi connectivity index (χ1) is 6.99. The summed E-state index contributed by atoms with van der Waals surface area (Å²) in [5.41, 5.74) is 4.12. The third-order valence-corrected chi connectivity index (χ3v) is 2.10. The van der Waals surface area contributed by atoms with Crippen molar-refractivity contribution in [3.63, 3.8) is 0 Å². The van der Waals surface area contributed by atoms with E-state index in [1.165, 1.54) is 0 Å². The molecule has 1 rings (SSSR count). The van der Waals surface area contributed by atoms with Crippen molar-refractivity contribution in [3.8, 4) is 0 Å². The van der Waals surface area contributed by atoms with Crippen molar-refractivity contribution in [2.75, 3.05) is 5.73 Å². The fourth-order valence-electron chi connectivity index (χ4n) is 1.15. The molecule has 0 amide bonds. The first-order valence-electron chi connectivity index (χ1n) is 3.83. The quantitative estimate of drug-likeness (QED) is 0.788. The van der Waals surface area contributed by atoms with Gasteiger partial charge in [0.1, 0.15) is 11.4 Å². The Labute approximate surface area is 88.7 Å². The first kappa shape index (κ1) is 11.6. The third-order valence-electron chi connectivity index (χ3n) is 1.83. The van der Waals surface area contributed by atoms with Gasteiger partial charge in [-0.2, -0.15) is 0 Å². The maximum absolute atomic E-state index is 12.5. The van der Waals surface area contributed by atoms with Crippen LogP contribution in [0, 0.1) is 0 Å². The lowest BCUT2D eigenvalue weighted by atomic mass is 10.1. The highest BCUT2D eigenvalue weighted by molar-refractivity contribution is 6.18. The summed E-state index contributed by atoms with van der Waals surface area (Å²) in [6, 6.07) is 0. The van der Waals surface area contributed by atoms with E-state index < -0.39 is 23.5 Å². The highest BCUT2D eigenvalue weighted by Gasteiger charge is 2.22. The molecule has 82 valence electrons. The summed E-state index contributed by atoms with van der Waals surface area (Å²) in [4.78, 5) is 14.1. The number of halogens is 3. The number of pyridine rings is 1. The predicted octanol–water partition coefficient (Wildman–Crippen LogP) is 2.04. The van der Waals surface area contributed by atoms with Crippen LogP contribution in [0.5, 0.6) is 0 Å². The van der Waals surface area contributed by atoms with E-state index in [1.54, 1.807) is 0 Å². The molecule has 15 heavy (non-hydrogen) atoms. The number of anilines is 1. The lowest BCUT2D eigenvalue weighted by Crippen LogP contribution is -2.11. The molecular weight excluding hydrogens is 230 g/mol. The van der Waals surface area contributed by atoms with E-state index in [1.807, 2.05) is 0 Å². The first-order valence-corrected chi connectivity index (χ1v) is 4.37. The molecule has 4 nitrogen and oxygen atoms in total. The van der Waals surface area contributed by atoms with Crippen LogP contribution in [-0.2, 0) is 5.88 Å². The minimum atomic E-state index is -2.83. The number of hydrogen-bond acceptors (Lipinski definition) is 3. The van der Waals surface area contributed by atoms with Crippen molar-refractivity contribution in [2.45, 2.75) is 12.3 Å².